The molecule has 1 aromatic heterocycles. The van der Waals surface area contributed by atoms with Crippen LogP contribution in [-0.2, 0) is 13.6 Å². The van der Waals surface area contributed by atoms with Crippen molar-refractivity contribution in [3.8, 4) is 0 Å². The number of nitrogens with zero attached hydrogens (tertiary/aromatic N) is 3. The summed E-state index contributed by atoms with van der Waals surface area (Å²) in [5.74, 6) is 0. The van der Waals surface area contributed by atoms with Crippen molar-refractivity contribution in [3.63, 3.8) is 0 Å². The maximum absolute atomic E-state index is 4.60. The maximum atomic E-state index is 4.60. The van der Waals surface area contributed by atoms with Gasteiger partial charge in [0.1, 0.15) is 0 Å². The molecule has 0 saturated heterocycles. The molecule has 4 nitrogen and oxygen atoms in total. The normalized spacial score (nSPS) is 13.3. The Morgan fingerprint density at radius 2 is 2.11 bits per heavy atom. The topological polar surface area (TPSA) is 33.1 Å². The summed E-state index contributed by atoms with van der Waals surface area (Å²) in [6.45, 7) is 7.36. The minimum absolute atomic E-state index is 0.464. The second kappa shape index (κ2) is 6.17. The van der Waals surface area contributed by atoms with Gasteiger partial charge < -0.3 is 10.2 Å². The average Bonchev–Trinajstić information content (AvgIpc) is 2.74. The molecule has 0 aliphatic heterocycles. The standard InChI is InChI=1S/C15H24N4/c1-5-18(3)11-12(2)16-10-14-13-8-6-7-9-15(13)19(4)17-14/h6-9,12,16H,5,10-11H2,1-4H3. The molecule has 1 heterocycles. The van der Waals surface area contributed by atoms with Gasteiger partial charge in [-0.2, -0.15) is 5.10 Å². The van der Waals surface area contributed by atoms with Gasteiger partial charge in [0.15, 0.2) is 0 Å². The van der Waals surface area contributed by atoms with Gasteiger partial charge in [0.05, 0.1) is 11.2 Å². The Hall–Kier alpha value is -1.39. The Morgan fingerprint density at radius 1 is 1.37 bits per heavy atom. The molecule has 0 radical (unpaired) electrons. The van der Waals surface area contributed by atoms with E-state index in [9.17, 15) is 0 Å². The van der Waals surface area contributed by atoms with Gasteiger partial charge in [-0.1, -0.05) is 25.1 Å². The number of nitrogens with one attached hydrogen (secondary N) is 1. The van der Waals surface area contributed by atoms with Crippen LogP contribution in [0, 0.1) is 0 Å². The summed E-state index contributed by atoms with van der Waals surface area (Å²) in [7, 11) is 4.15. The minimum Gasteiger partial charge on any atom is -0.307 e. The molecule has 0 spiro atoms. The van der Waals surface area contributed by atoms with Gasteiger partial charge in [0.2, 0.25) is 0 Å². The van der Waals surface area contributed by atoms with Crippen molar-refractivity contribution in [2.24, 2.45) is 7.05 Å². The third kappa shape index (κ3) is 3.33. The third-order valence-electron chi connectivity index (χ3n) is 3.58. The molecular formula is C15H24N4. The first-order chi connectivity index (χ1) is 9.11. The average molecular weight is 260 g/mol. The molecule has 1 unspecified atom stereocenters. The quantitative estimate of drug-likeness (QED) is 0.862. The lowest BCUT2D eigenvalue weighted by Gasteiger charge is -2.20. The fourth-order valence-electron chi connectivity index (χ4n) is 2.35. The molecule has 4 heteroatoms. The monoisotopic (exact) mass is 260 g/mol. The predicted octanol–water partition coefficient (Wildman–Crippen LogP) is 2.00. The van der Waals surface area contributed by atoms with E-state index < -0.39 is 0 Å². The smallest absolute Gasteiger partial charge is 0.0841 e. The minimum atomic E-state index is 0.464. The van der Waals surface area contributed by atoms with Gasteiger partial charge in [-0.05, 0) is 26.6 Å². The molecule has 2 rings (SSSR count). The highest BCUT2D eigenvalue weighted by molar-refractivity contribution is 5.81. The molecule has 0 fully saturated rings. The van der Waals surface area contributed by atoms with Gasteiger partial charge in [0, 0.05) is 31.6 Å². The van der Waals surface area contributed by atoms with E-state index in [2.05, 4.69) is 60.5 Å². The van der Waals surface area contributed by atoms with Crippen molar-refractivity contribution in [1.82, 2.24) is 20.0 Å². The second-order valence-corrected chi connectivity index (χ2v) is 5.22. The fraction of sp³-hybridized carbons (Fsp3) is 0.533. The number of para-hydroxylation sites is 1. The Bertz CT molecular complexity index is 532. The van der Waals surface area contributed by atoms with E-state index in [0.29, 0.717) is 6.04 Å². The largest absolute Gasteiger partial charge is 0.307 e. The van der Waals surface area contributed by atoms with Crippen LogP contribution in [0.1, 0.15) is 19.5 Å². The Labute approximate surface area is 115 Å². The zero-order valence-corrected chi connectivity index (χ0v) is 12.3. The summed E-state index contributed by atoms with van der Waals surface area (Å²) in [4.78, 5) is 2.31. The predicted molar refractivity (Wildman–Crippen MR) is 80.2 cm³/mol. The zero-order chi connectivity index (χ0) is 13.8. The van der Waals surface area contributed by atoms with Crippen LogP contribution < -0.4 is 5.32 Å². The first-order valence-electron chi connectivity index (χ1n) is 6.94. The van der Waals surface area contributed by atoms with E-state index in [-0.39, 0.29) is 0 Å². The lowest BCUT2D eigenvalue weighted by Crippen LogP contribution is -2.37. The SMILES string of the molecule is CCN(C)CC(C)NCc1nn(C)c2ccccc12. The molecule has 0 bridgehead atoms. The lowest BCUT2D eigenvalue weighted by atomic mass is 10.2. The van der Waals surface area contributed by atoms with Crippen LogP contribution in [0.2, 0.25) is 0 Å². The second-order valence-electron chi connectivity index (χ2n) is 5.22. The van der Waals surface area contributed by atoms with E-state index in [0.717, 1.165) is 25.3 Å². The van der Waals surface area contributed by atoms with E-state index in [4.69, 9.17) is 0 Å². The summed E-state index contributed by atoms with van der Waals surface area (Å²) in [6, 6.07) is 8.84. The van der Waals surface area contributed by atoms with Gasteiger partial charge in [0.25, 0.3) is 0 Å². The van der Waals surface area contributed by atoms with Crippen LogP contribution in [0.5, 0.6) is 0 Å². The summed E-state index contributed by atoms with van der Waals surface area (Å²) in [6.07, 6.45) is 0. The number of fused-ring (bicyclic) bond motifs is 1. The van der Waals surface area contributed by atoms with Crippen LogP contribution in [0.25, 0.3) is 10.9 Å². The summed E-state index contributed by atoms with van der Waals surface area (Å²) in [5.41, 5.74) is 2.32. The van der Waals surface area contributed by atoms with Crippen molar-refractivity contribution in [2.75, 3.05) is 20.1 Å². The van der Waals surface area contributed by atoms with Crippen LogP contribution >= 0.6 is 0 Å². The molecule has 19 heavy (non-hydrogen) atoms. The molecule has 0 saturated carbocycles. The highest BCUT2D eigenvalue weighted by Gasteiger charge is 2.09. The number of hydrogen-bond donors (Lipinski definition) is 1. The first-order valence-corrected chi connectivity index (χ1v) is 6.94. The van der Waals surface area contributed by atoms with Crippen LogP contribution in [-0.4, -0.2) is 40.9 Å². The van der Waals surface area contributed by atoms with Crippen LogP contribution in [0.4, 0.5) is 0 Å². The van der Waals surface area contributed by atoms with Gasteiger partial charge in [-0.3, -0.25) is 4.68 Å². The number of aryl methyl sites for hydroxylation is 1. The highest BCUT2D eigenvalue weighted by atomic mass is 15.3. The Morgan fingerprint density at radius 3 is 2.84 bits per heavy atom. The van der Waals surface area contributed by atoms with E-state index in [1.807, 2.05) is 11.7 Å². The molecule has 0 aliphatic rings. The molecule has 104 valence electrons. The zero-order valence-electron chi connectivity index (χ0n) is 12.3. The van der Waals surface area contributed by atoms with Crippen molar-refractivity contribution in [2.45, 2.75) is 26.4 Å². The van der Waals surface area contributed by atoms with Crippen molar-refractivity contribution >= 4 is 10.9 Å². The number of benzene rings is 1. The molecule has 2 aromatic rings. The summed E-state index contributed by atoms with van der Waals surface area (Å²) >= 11 is 0. The van der Waals surface area contributed by atoms with E-state index in [1.165, 1.54) is 10.9 Å². The van der Waals surface area contributed by atoms with E-state index >= 15 is 0 Å². The van der Waals surface area contributed by atoms with Crippen LogP contribution in [0.15, 0.2) is 24.3 Å². The fourth-order valence-corrected chi connectivity index (χ4v) is 2.35. The summed E-state index contributed by atoms with van der Waals surface area (Å²) < 4.78 is 1.95. The van der Waals surface area contributed by atoms with Gasteiger partial charge >= 0.3 is 0 Å². The third-order valence-corrected chi connectivity index (χ3v) is 3.58. The van der Waals surface area contributed by atoms with Gasteiger partial charge in [-0.15, -0.1) is 0 Å². The Balaban J connectivity index is 2.02. The molecule has 1 N–H and O–H groups in total. The van der Waals surface area contributed by atoms with Crippen LogP contribution in [0.3, 0.4) is 0 Å². The van der Waals surface area contributed by atoms with E-state index in [1.54, 1.807) is 0 Å². The molecule has 1 atom stereocenters. The van der Waals surface area contributed by atoms with Crippen molar-refractivity contribution in [1.29, 1.82) is 0 Å². The summed E-state index contributed by atoms with van der Waals surface area (Å²) in [5, 5.41) is 9.40. The van der Waals surface area contributed by atoms with Gasteiger partial charge in [-0.25, -0.2) is 0 Å². The number of likely N-dealkylation sites (N-methyl/N-ethyl adjacent to an activating group) is 1. The lowest BCUT2D eigenvalue weighted by molar-refractivity contribution is 0.309. The maximum Gasteiger partial charge on any atom is 0.0841 e. The first kappa shape index (κ1) is 14.0. The highest BCUT2D eigenvalue weighted by Crippen LogP contribution is 2.17. The van der Waals surface area contributed by atoms with Crippen molar-refractivity contribution < 1.29 is 0 Å². The number of rotatable bonds is 6. The molecule has 1 aromatic carbocycles. The van der Waals surface area contributed by atoms with Crippen molar-refractivity contribution in [3.05, 3.63) is 30.0 Å². The number of aromatic nitrogens is 2. The molecular weight excluding hydrogens is 236 g/mol. The number of hydrogen-bond acceptors (Lipinski definition) is 3. The Kier molecular flexibility index (Phi) is 4.56. The molecule has 0 amide bonds. The molecule has 0 aliphatic carbocycles.